The van der Waals surface area contributed by atoms with Crippen LogP contribution in [0.5, 0.6) is 0 Å². The van der Waals surface area contributed by atoms with Gasteiger partial charge in [-0.2, -0.15) is 4.39 Å². The summed E-state index contributed by atoms with van der Waals surface area (Å²) in [4.78, 5) is 10.5. The first-order chi connectivity index (χ1) is 6.24. The first-order valence-electron chi connectivity index (χ1n) is 4.75. The van der Waals surface area contributed by atoms with Crippen molar-refractivity contribution in [2.75, 3.05) is 0 Å². The highest BCUT2D eigenvalue weighted by Crippen LogP contribution is 2.21. The number of hydrogen-bond acceptors (Lipinski definition) is 3. The lowest BCUT2D eigenvalue weighted by atomic mass is 10.1. The third-order valence-corrected chi connectivity index (χ3v) is 2.09. The van der Waals surface area contributed by atoms with E-state index >= 15 is 0 Å². The molecule has 76 valence electrons. The van der Waals surface area contributed by atoms with Gasteiger partial charge in [0.05, 0.1) is 0 Å². The van der Waals surface area contributed by atoms with E-state index in [0.29, 0.717) is 6.42 Å². The van der Waals surface area contributed by atoms with Gasteiger partial charge in [0.1, 0.15) is 0 Å². The van der Waals surface area contributed by atoms with Gasteiger partial charge in [-0.05, 0) is 12.8 Å². The predicted molar refractivity (Wildman–Crippen MR) is 45.0 cm³/mol. The minimum absolute atomic E-state index is 0.562. The van der Waals surface area contributed by atoms with Crippen LogP contribution in [0.3, 0.4) is 0 Å². The first kappa shape index (κ1) is 10.3. The highest BCUT2D eigenvalue weighted by atomic mass is 19.1. The number of hydrogen-bond donors (Lipinski definition) is 0. The minimum Gasteiger partial charge on any atom is -0.424 e. The summed E-state index contributed by atoms with van der Waals surface area (Å²) >= 11 is 0. The lowest BCUT2D eigenvalue weighted by molar-refractivity contribution is 0.0276. The third-order valence-electron chi connectivity index (χ3n) is 2.09. The van der Waals surface area contributed by atoms with Crippen LogP contribution in [-0.2, 0) is 9.47 Å². The number of carbonyl (C=O) groups excluding carboxylic acids is 1. The number of rotatable bonds is 5. The van der Waals surface area contributed by atoms with Gasteiger partial charge in [0.15, 0.2) is 6.10 Å². The van der Waals surface area contributed by atoms with Gasteiger partial charge in [0.2, 0.25) is 0 Å². The van der Waals surface area contributed by atoms with Gasteiger partial charge >= 0.3 is 6.16 Å². The van der Waals surface area contributed by atoms with Crippen molar-refractivity contribution in [2.45, 2.75) is 51.5 Å². The summed E-state index contributed by atoms with van der Waals surface area (Å²) in [5, 5.41) is 0. The molecule has 13 heavy (non-hydrogen) atoms. The predicted octanol–water partition coefficient (Wildman–Crippen LogP) is 2.79. The van der Waals surface area contributed by atoms with Crippen LogP contribution in [0.2, 0.25) is 0 Å². The molecule has 1 heterocycles. The maximum atomic E-state index is 12.8. The SMILES string of the molecule is CCCCCC[C@@H]1OC(=O)O[C@H]1F. The molecule has 1 rings (SSSR count). The zero-order chi connectivity index (χ0) is 9.68. The molecular formula is C9H15FO3. The fourth-order valence-electron chi connectivity index (χ4n) is 1.33. The summed E-state index contributed by atoms with van der Waals surface area (Å²) in [6.45, 7) is 2.11. The number of unbranched alkanes of at least 4 members (excludes halogenated alkanes) is 3. The molecule has 2 atom stereocenters. The second-order valence-electron chi connectivity index (χ2n) is 3.22. The molecule has 0 aromatic rings. The molecule has 0 amide bonds. The van der Waals surface area contributed by atoms with Gasteiger partial charge in [-0.25, -0.2) is 4.79 Å². The lowest BCUT2D eigenvalue weighted by Gasteiger charge is -2.07. The highest BCUT2D eigenvalue weighted by molar-refractivity contribution is 5.62. The van der Waals surface area contributed by atoms with Crippen molar-refractivity contribution in [1.82, 2.24) is 0 Å². The second kappa shape index (κ2) is 5.04. The number of cyclic esters (lactones) is 2. The molecule has 0 spiro atoms. The Morgan fingerprint density at radius 3 is 2.62 bits per heavy atom. The largest absolute Gasteiger partial charge is 0.511 e. The number of carbonyl (C=O) groups is 1. The van der Waals surface area contributed by atoms with E-state index < -0.39 is 18.6 Å². The monoisotopic (exact) mass is 190 g/mol. The Morgan fingerprint density at radius 2 is 2.08 bits per heavy atom. The summed E-state index contributed by atoms with van der Waals surface area (Å²) in [6.07, 6.45) is 1.66. The van der Waals surface area contributed by atoms with Gasteiger partial charge in [0, 0.05) is 0 Å². The highest BCUT2D eigenvalue weighted by Gasteiger charge is 2.35. The number of ether oxygens (including phenoxy) is 2. The average Bonchev–Trinajstić information content (AvgIpc) is 2.39. The summed E-state index contributed by atoms with van der Waals surface area (Å²) in [5.41, 5.74) is 0. The van der Waals surface area contributed by atoms with Gasteiger partial charge < -0.3 is 9.47 Å². The molecule has 0 N–H and O–H groups in total. The molecule has 0 saturated carbocycles. The smallest absolute Gasteiger partial charge is 0.424 e. The van der Waals surface area contributed by atoms with Crippen LogP contribution in [0.4, 0.5) is 9.18 Å². The molecule has 1 saturated heterocycles. The maximum absolute atomic E-state index is 12.8. The Bertz CT molecular complexity index is 172. The van der Waals surface area contributed by atoms with Crippen LogP contribution < -0.4 is 0 Å². The van der Waals surface area contributed by atoms with E-state index in [0.717, 1.165) is 25.7 Å². The lowest BCUT2D eigenvalue weighted by Crippen LogP contribution is -2.17. The van der Waals surface area contributed by atoms with Crippen molar-refractivity contribution in [2.24, 2.45) is 0 Å². The van der Waals surface area contributed by atoms with Crippen LogP contribution in [0.25, 0.3) is 0 Å². The molecule has 4 heteroatoms. The Balaban J connectivity index is 2.11. The second-order valence-corrected chi connectivity index (χ2v) is 3.22. The maximum Gasteiger partial charge on any atom is 0.511 e. The molecule has 0 aromatic heterocycles. The first-order valence-corrected chi connectivity index (χ1v) is 4.75. The van der Waals surface area contributed by atoms with E-state index in [1.807, 2.05) is 0 Å². The normalized spacial score (nSPS) is 27.1. The number of halogens is 1. The van der Waals surface area contributed by atoms with Crippen molar-refractivity contribution in [3.63, 3.8) is 0 Å². The quantitative estimate of drug-likeness (QED) is 0.494. The Hall–Kier alpha value is -0.800. The molecule has 0 radical (unpaired) electrons. The summed E-state index contributed by atoms with van der Waals surface area (Å²) < 4.78 is 21.6. The molecular weight excluding hydrogens is 175 g/mol. The van der Waals surface area contributed by atoms with E-state index in [2.05, 4.69) is 16.4 Å². The molecule has 1 fully saturated rings. The topological polar surface area (TPSA) is 35.5 Å². The fraction of sp³-hybridized carbons (Fsp3) is 0.889. The summed E-state index contributed by atoms with van der Waals surface area (Å²) in [5.74, 6) is 0. The van der Waals surface area contributed by atoms with Crippen LogP contribution in [0, 0.1) is 0 Å². The molecule has 0 aliphatic carbocycles. The van der Waals surface area contributed by atoms with Crippen molar-refractivity contribution >= 4 is 6.16 Å². The molecule has 3 nitrogen and oxygen atoms in total. The molecule has 0 bridgehead atoms. The zero-order valence-electron chi connectivity index (χ0n) is 7.79. The minimum atomic E-state index is -1.56. The summed E-state index contributed by atoms with van der Waals surface area (Å²) in [7, 11) is 0. The van der Waals surface area contributed by atoms with E-state index in [9.17, 15) is 9.18 Å². The molecule has 1 aliphatic heterocycles. The fourth-order valence-corrected chi connectivity index (χ4v) is 1.33. The third kappa shape index (κ3) is 3.20. The van der Waals surface area contributed by atoms with Crippen molar-refractivity contribution in [1.29, 1.82) is 0 Å². The Kier molecular flexibility index (Phi) is 3.99. The van der Waals surface area contributed by atoms with E-state index in [-0.39, 0.29) is 0 Å². The van der Waals surface area contributed by atoms with Gasteiger partial charge in [-0.1, -0.05) is 26.2 Å². The number of alkyl halides is 1. The van der Waals surface area contributed by atoms with Gasteiger partial charge in [-0.3, -0.25) is 0 Å². The van der Waals surface area contributed by atoms with Crippen molar-refractivity contribution in [3.8, 4) is 0 Å². The van der Waals surface area contributed by atoms with Crippen LogP contribution in [-0.4, -0.2) is 18.6 Å². The standard InChI is InChI=1S/C9H15FO3/c1-2-3-4-5-6-7-8(10)13-9(11)12-7/h7-8H,2-6H2,1H3/t7-,8+/m0/s1. The van der Waals surface area contributed by atoms with Crippen LogP contribution in [0.15, 0.2) is 0 Å². The van der Waals surface area contributed by atoms with Crippen LogP contribution >= 0.6 is 0 Å². The van der Waals surface area contributed by atoms with Crippen molar-refractivity contribution in [3.05, 3.63) is 0 Å². The molecule has 0 unspecified atom stereocenters. The van der Waals surface area contributed by atoms with Crippen LogP contribution in [0.1, 0.15) is 39.0 Å². The molecule has 0 aromatic carbocycles. The average molecular weight is 190 g/mol. The summed E-state index contributed by atoms with van der Waals surface area (Å²) in [6, 6.07) is 0. The Morgan fingerprint density at radius 1 is 1.31 bits per heavy atom. The zero-order valence-corrected chi connectivity index (χ0v) is 7.79. The van der Waals surface area contributed by atoms with E-state index in [4.69, 9.17) is 0 Å². The van der Waals surface area contributed by atoms with E-state index in [1.165, 1.54) is 0 Å². The van der Waals surface area contributed by atoms with Crippen molar-refractivity contribution < 1.29 is 18.7 Å². The van der Waals surface area contributed by atoms with Gasteiger partial charge in [-0.15, -0.1) is 0 Å². The van der Waals surface area contributed by atoms with E-state index in [1.54, 1.807) is 0 Å². The molecule has 1 aliphatic rings. The Labute approximate surface area is 77.2 Å². The van der Waals surface area contributed by atoms with Gasteiger partial charge in [0.25, 0.3) is 6.36 Å².